The smallest absolute Gasteiger partial charge is 0.317 e. The van der Waals surface area contributed by atoms with Gasteiger partial charge in [-0.1, -0.05) is 41.7 Å². The highest BCUT2D eigenvalue weighted by Gasteiger charge is 2.26. The number of ketones is 1. The highest BCUT2D eigenvalue weighted by atomic mass is 32.2. The summed E-state index contributed by atoms with van der Waals surface area (Å²) in [7, 11) is -4.13. The molecule has 1 atom stereocenters. The maximum Gasteiger partial charge on any atom is 0.317 e. The second kappa shape index (κ2) is 18.6. The van der Waals surface area contributed by atoms with Crippen LogP contribution < -0.4 is 15.8 Å². The molecule has 2 amide bonds. The Kier molecular flexibility index (Phi) is 14.9. The van der Waals surface area contributed by atoms with Gasteiger partial charge in [-0.2, -0.15) is 0 Å². The molecule has 1 aromatic carbocycles. The standard InChI is InChI=1S/C28H41N9O9S2/c1-20(38)16-34-7-9-35(10-12-37(19-25(42)43)14-13-36(11-8-34)18-24(40)41)17-23(39)30-22(15-21-5-3-2-4-6-21)26(44)31-27-32-33-28(47-27)48(29,45)46/h2-6,22H,7-19H2,1H3,(H,30,39)(H,40,41)(H,42,43)(H2,29,45,46)(H,31,32,44). The van der Waals surface area contributed by atoms with E-state index in [2.05, 4.69) is 20.8 Å². The number of anilines is 1. The predicted molar refractivity (Wildman–Crippen MR) is 174 cm³/mol. The number of carboxylic acids is 2. The highest BCUT2D eigenvalue weighted by molar-refractivity contribution is 7.91. The summed E-state index contributed by atoms with van der Waals surface area (Å²) in [4.78, 5) is 68.8. The predicted octanol–water partition coefficient (Wildman–Crippen LogP) is -2.17. The number of amides is 2. The fourth-order valence-corrected chi connectivity index (χ4v) is 6.31. The average molecular weight is 712 g/mol. The second-order valence-corrected chi connectivity index (χ2v) is 14.0. The number of carbonyl (C=O) groups excluding carboxylic acids is 3. The first-order valence-corrected chi connectivity index (χ1v) is 17.4. The molecule has 1 fully saturated rings. The highest BCUT2D eigenvalue weighted by Crippen LogP contribution is 2.19. The van der Waals surface area contributed by atoms with E-state index in [9.17, 15) is 42.6 Å². The van der Waals surface area contributed by atoms with Gasteiger partial charge in [0, 0.05) is 58.8 Å². The van der Waals surface area contributed by atoms with Crippen molar-refractivity contribution in [2.75, 3.05) is 83.9 Å². The Morgan fingerprint density at radius 3 is 1.73 bits per heavy atom. The van der Waals surface area contributed by atoms with Crippen LogP contribution in [0.15, 0.2) is 34.7 Å². The topological polar surface area (TPSA) is 249 Å². The number of Topliss-reactive ketones (excluding diaryl/α,β-unsaturated/α-hetero) is 1. The monoisotopic (exact) mass is 711 g/mol. The van der Waals surface area contributed by atoms with Crippen molar-refractivity contribution in [1.29, 1.82) is 0 Å². The molecule has 2 heterocycles. The Balaban J connectivity index is 1.77. The van der Waals surface area contributed by atoms with Crippen LogP contribution in [0, 0.1) is 0 Å². The zero-order chi connectivity index (χ0) is 35.3. The lowest BCUT2D eigenvalue weighted by atomic mass is 10.1. The van der Waals surface area contributed by atoms with Gasteiger partial charge in [-0.3, -0.25) is 48.9 Å². The van der Waals surface area contributed by atoms with E-state index in [-0.39, 0.29) is 69.7 Å². The Bertz CT molecular complexity index is 1490. The van der Waals surface area contributed by atoms with E-state index in [0.29, 0.717) is 37.5 Å². The van der Waals surface area contributed by atoms with E-state index in [4.69, 9.17) is 5.14 Å². The van der Waals surface area contributed by atoms with Gasteiger partial charge in [0.05, 0.1) is 26.2 Å². The number of hydrogen-bond acceptors (Lipinski definition) is 14. The lowest BCUT2D eigenvalue weighted by molar-refractivity contribution is -0.140. The number of nitrogens with two attached hydrogens (primary N) is 1. The summed E-state index contributed by atoms with van der Waals surface area (Å²) >= 11 is 0.567. The van der Waals surface area contributed by atoms with Crippen molar-refractivity contribution in [1.82, 2.24) is 35.1 Å². The van der Waals surface area contributed by atoms with Crippen molar-refractivity contribution in [3.8, 4) is 0 Å². The molecule has 1 unspecified atom stereocenters. The molecule has 0 spiro atoms. The van der Waals surface area contributed by atoms with Crippen molar-refractivity contribution < 1.29 is 42.6 Å². The van der Waals surface area contributed by atoms with E-state index in [1.165, 1.54) is 6.92 Å². The van der Waals surface area contributed by atoms with E-state index in [0.717, 1.165) is 5.56 Å². The molecule has 20 heteroatoms. The molecule has 264 valence electrons. The zero-order valence-corrected chi connectivity index (χ0v) is 28.1. The van der Waals surface area contributed by atoms with Gasteiger partial charge in [0.1, 0.15) is 11.8 Å². The van der Waals surface area contributed by atoms with Crippen LogP contribution in [0.5, 0.6) is 0 Å². The molecule has 6 N–H and O–H groups in total. The number of rotatable bonds is 14. The quantitative estimate of drug-likeness (QED) is 0.131. The zero-order valence-electron chi connectivity index (χ0n) is 26.5. The van der Waals surface area contributed by atoms with E-state index >= 15 is 0 Å². The number of aliphatic carboxylic acids is 2. The van der Waals surface area contributed by atoms with Crippen molar-refractivity contribution in [3.63, 3.8) is 0 Å². The maximum atomic E-state index is 13.5. The third-order valence-electron chi connectivity index (χ3n) is 7.28. The van der Waals surface area contributed by atoms with E-state index in [1.807, 2.05) is 4.90 Å². The number of hydrogen-bond donors (Lipinski definition) is 5. The maximum absolute atomic E-state index is 13.5. The van der Waals surface area contributed by atoms with Crippen LogP contribution in [-0.4, -0.2) is 163 Å². The number of benzene rings is 1. The van der Waals surface area contributed by atoms with Crippen LogP contribution in [0.2, 0.25) is 0 Å². The first kappa shape index (κ1) is 38.5. The molecule has 0 bridgehead atoms. The van der Waals surface area contributed by atoms with Crippen LogP contribution >= 0.6 is 11.3 Å². The van der Waals surface area contributed by atoms with Crippen molar-refractivity contribution in [2.24, 2.45) is 5.14 Å². The molecule has 1 saturated heterocycles. The second-order valence-electron chi connectivity index (χ2n) is 11.3. The number of nitrogens with zero attached hydrogens (tertiary/aromatic N) is 6. The van der Waals surface area contributed by atoms with Crippen LogP contribution in [0.4, 0.5) is 5.13 Å². The third-order valence-corrected chi connectivity index (χ3v) is 9.42. The van der Waals surface area contributed by atoms with Gasteiger partial charge in [0.15, 0.2) is 0 Å². The van der Waals surface area contributed by atoms with Gasteiger partial charge in [0.25, 0.3) is 10.0 Å². The first-order chi connectivity index (χ1) is 22.7. The average Bonchev–Trinajstić information content (AvgIpc) is 3.47. The molecule has 48 heavy (non-hydrogen) atoms. The molecule has 1 aromatic heterocycles. The van der Waals surface area contributed by atoms with Crippen LogP contribution in [0.3, 0.4) is 0 Å². The van der Waals surface area contributed by atoms with Gasteiger partial charge < -0.3 is 15.5 Å². The third kappa shape index (κ3) is 14.1. The molecule has 1 aliphatic rings. The molecule has 1 aliphatic heterocycles. The number of sulfonamides is 1. The number of nitrogens with one attached hydrogen (secondary N) is 2. The molecule has 2 aromatic rings. The van der Waals surface area contributed by atoms with Crippen molar-refractivity contribution >= 4 is 56.0 Å². The van der Waals surface area contributed by atoms with Gasteiger partial charge >= 0.3 is 11.9 Å². The molecular weight excluding hydrogens is 670 g/mol. The summed E-state index contributed by atoms with van der Waals surface area (Å²) in [6.45, 7) is 3.39. The Morgan fingerprint density at radius 2 is 1.29 bits per heavy atom. The first-order valence-electron chi connectivity index (χ1n) is 15.0. The largest absolute Gasteiger partial charge is 0.480 e. The van der Waals surface area contributed by atoms with Gasteiger partial charge in [0.2, 0.25) is 21.3 Å². The molecule has 3 rings (SSSR count). The lowest BCUT2D eigenvalue weighted by Crippen LogP contribution is -2.52. The summed E-state index contributed by atoms with van der Waals surface area (Å²) in [5.74, 6) is -3.31. The summed E-state index contributed by atoms with van der Waals surface area (Å²) in [5.41, 5.74) is 0.743. The number of carbonyl (C=O) groups is 5. The molecule has 0 aliphatic carbocycles. The minimum atomic E-state index is -4.13. The van der Waals surface area contributed by atoms with Crippen LogP contribution in [-0.2, 0) is 40.4 Å². The molecule has 18 nitrogen and oxygen atoms in total. The Morgan fingerprint density at radius 1 is 0.812 bits per heavy atom. The lowest BCUT2D eigenvalue weighted by Gasteiger charge is -2.33. The molecular formula is C28H41N9O9S2. The molecule has 0 radical (unpaired) electrons. The van der Waals surface area contributed by atoms with Gasteiger partial charge in [-0.15, -0.1) is 10.2 Å². The van der Waals surface area contributed by atoms with Gasteiger partial charge in [-0.05, 0) is 12.5 Å². The SMILES string of the molecule is CC(=O)CN1CCN(CC(=O)O)CCN(CC(=O)O)CCN(CC(=O)NC(Cc2ccccc2)C(=O)Nc2nnc(S(N)(=O)=O)s2)CC1. The number of primary sulfonamides is 1. The summed E-state index contributed by atoms with van der Waals surface area (Å²) < 4.78 is 22.7. The van der Waals surface area contributed by atoms with Crippen molar-refractivity contribution in [3.05, 3.63) is 35.9 Å². The molecule has 0 saturated carbocycles. The van der Waals surface area contributed by atoms with E-state index in [1.54, 1.807) is 45.0 Å². The number of carboxylic acid groups (broad SMARTS) is 2. The number of aromatic nitrogens is 2. The Labute approximate surface area is 281 Å². The minimum Gasteiger partial charge on any atom is -0.480 e. The van der Waals surface area contributed by atoms with Crippen molar-refractivity contribution in [2.45, 2.75) is 23.7 Å². The van der Waals surface area contributed by atoms with Gasteiger partial charge in [-0.25, -0.2) is 13.6 Å². The fourth-order valence-electron chi connectivity index (χ4n) is 4.98. The summed E-state index contributed by atoms with van der Waals surface area (Å²) in [5, 5.41) is 36.2. The van der Waals surface area contributed by atoms with E-state index < -0.39 is 44.2 Å². The summed E-state index contributed by atoms with van der Waals surface area (Å²) in [6, 6.07) is 7.84. The van der Waals surface area contributed by atoms with Crippen LogP contribution in [0.25, 0.3) is 0 Å². The fraction of sp³-hybridized carbons (Fsp3) is 0.536. The normalized spacial score (nSPS) is 17.0. The summed E-state index contributed by atoms with van der Waals surface area (Å²) in [6.07, 6.45) is 0.102. The van der Waals surface area contributed by atoms with Crippen LogP contribution in [0.1, 0.15) is 12.5 Å². The minimum absolute atomic E-state index is 0.0785. The Hall–Kier alpha value is -3.92.